The number of aromatic nitrogens is 5. The molecule has 3 aromatic carbocycles. The molecule has 9 heteroatoms. The molecule has 1 unspecified atom stereocenters. The lowest BCUT2D eigenvalue weighted by Gasteiger charge is -2.27. The van der Waals surface area contributed by atoms with Gasteiger partial charge in [-0.3, -0.25) is 9.69 Å². The molecule has 0 radical (unpaired) electrons. The van der Waals surface area contributed by atoms with E-state index >= 15 is 0 Å². The fourth-order valence-electron chi connectivity index (χ4n) is 4.80. The Balaban J connectivity index is 1.48. The van der Waals surface area contributed by atoms with Crippen molar-refractivity contribution in [3.8, 4) is 0 Å². The van der Waals surface area contributed by atoms with E-state index in [-0.39, 0.29) is 5.76 Å². The van der Waals surface area contributed by atoms with Crippen molar-refractivity contribution < 1.29 is 14.5 Å². The van der Waals surface area contributed by atoms with Gasteiger partial charge in [0, 0.05) is 33.9 Å². The third-order valence-electron chi connectivity index (χ3n) is 6.36. The van der Waals surface area contributed by atoms with E-state index in [4.69, 9.17) is 4.63 Å². The number of rotatable bonds is 3. The Morgan fingerprint density at radius 1 is 0.912 bits per heavy atom. The van der Waals surface area contributed by atoms with Crippen LogP contribution in [0.5, 0.6) is 0 Å². The highest BCUT2D eigenvalue weighted by Gasteiger charge is 2.43. The molecule has 3 N–H and O–H groups in total. The van der Waals surface area contributed by atoms with Crippen LogP contribution in [-0.4, -0.2) is 36.3 Å². The molecule has 4 heterocycles. The molecular weight excluding hydrogens is 432 g/mol. The Hall–Kier alpha value is -4.92. The summed E-state index contributed by atoms with van der Waals surface area (Å²) in [4.78, 5) is 25.8. The van der Waals surface area contributed by atoms with E-state index in [1.165, 1.54) is 0 Å². The maximum atomic E-state index is 13.6. The van der Waals surface area contributed by atoms with Crippen molar-refractivity contribution in [3.63, 3.8) is 0 Å². The number of fused-ring (bicyclic) bond motifs is 3. The maximum Gasteiger partial charge on any atom is 0.294 e. The minimum Gasteiger partial charge on any atom is -0.503 e. The first kappa shape index (κ1) is 18.6. The second-order valence-corrected chi connectivity index (χ2v) is 8.20. The molecule has 9 nitrogen and oxygen atoms in total. The predicted octanol–water partition coefficient (Wildman–Crippen LogP) is 4.64. The zero-order chi connectivity index (χ0) is 22.8. The Bertz CT molecular complexity index is 1780. The van der Waals surface area contributed by atoms with Gasteiger partial charge >= 0.3 is 0 Å². The average Bonchev–Trinajstić information content (AvgIpc) is 3.64. The zero-order valence-corrected chi connectivity index (χ0v) is 17.6. The molecular formula is C25H16N6O3. The summed E-state index contributed by atoms with van der Waals surface area (Å²) >= 11 is 0. The second kappa shape index (κ2) is 6.79. The number of hydrogen-bond donors (Lipinski definition) is 3. The van der Waals surface area contributed by atoms with Crippen LogP contribution in [0.1, 0.15) is 17.2 Å². The Labute approximate surface area is 191 Å². The van der Waals surface area contributed by atoms with Crippen LogP contribution in [0.15, 0.2) is 83.6 Å². The van der Waals surface area contributed by atoms with E-state index in [0.29, 0.717) is 22.3 Å². The molecule has 0 aliphatic carbocycles. The van der Waals surface area contributed by atoms with Crippen LogP contribution >= 0.6 is 0 Å². The third-order valence-corrected chi connectivity index (χ3v) is 6.36. The minimum absolute atomic E-state index is 0.296. The van der Waals surface area contributed by atoms with Gasteiger partial charge in [0.25, 0.3) is 5.91 Å². The van der Waals surface area contributed by atoms with Gasteiger partial charge in [0.1, 0.15) is 11.0 Å². The molecule has 1 aliphatic rings. The van der Waals surface area contributed by atoms with Gasteiger partial charge in [0.2, 0.25) is 0 Å². The van der Waals surface area contributed by atoms with Gasteiger partial charge < -0.3 is 15.1 Å². The van der Waals surface area contributed by atoms with Gasteiger partial charge in [0.15, 0.2) is 5.76 Å². The van der Waals surface area contributed by atoms with Gasteiger partial charge in [-0.25, -0.2) is 9.61 Å². The summed E-state index contributed by atoms with van der Waals surface area (Å²) < 4.78 is 4.87. The van der Waals surface area contributed by atoms with Gasteiger partial charge in [-0.05, 0) is 52.3 Å². The zero-order valence-electron chi connectivity index (χ0n) is 17.6. The lowest BCUT2D eigenvalue weighted by atomic mass is 9.92. The van der Waals surface area contributed by atoms with Crippen molar-refractivity contribution in [3.05, 3.63) is 90.1 Å². The summed E-state index contributed by atoms with van der Waals surface area (Å²) in [6.45, 7) is 0. The van der Waals surface area contributed by atoms with Gasteiger partial charge in [0.05, 0.1) is 23.4 Å². The Kier molecular flexibility index (Phi) is 3.72. The normalized spacial score (nSPS) is 16.5. The van der Waals surface area contributed by atoms with Crippen LogP contribution in [0.25, 0.3) is 38.5 Å². The summed E-state index contributed by atoms with van der Waals surface area (Å²) in [5.41, 5.74) is 6.33. The number of nitrogens with one attached hydrogen (secondary N) is 2. The standard InChI is InChI=1S/C25H16N6O3/c32-24-22(16-11-26-17-4-2-1-3-15(16)17)23(13-5-7-19-21(9-13)30-34-29-19)31(25(24)33)14-6-8-18-20(10-14)28-12-27-18/h1-12,23,26,32H,(H,27,28). The first-order chi connectivity index (χ1) is 16.7. The van der Waals surface area contributed by atoms with Crippen LogP contribution in [0.3, 0.4) is 0 Å². The molecule has 6 aromatic rings. The highest BCUT2D eigenvalue weighted by Crippen LogP contribution is 2.47. The average molecular weight is 448 g/mol. The Morgan fingerprint density at radius 3 is 2.74 bits per heavy atom. The molecule has 34 heavy (non-hydrogen) atoms. The maximum absolute atomic E-state index is 13.6. The molecule has 1 aliphatic heterocycles. The highest BCUT2D eigenvalue weighted by atomic mass is 16.6. The van der Waals surface area contributed by atoms with E-state index in [9.17, 15) is 9.90 Å². The number of anilines is 1. The number of hydrogen-bond acceptors (Lipinski definition) is 6. The summed E-state index contributed by atoms with van der Waals surface area (Å²) in [5.74, 6) is -0.784. The largest absolute Gasteiger partial charge is 0.503 e. The highest BCUT2D eigenvalue weighted by molar-refractivity contribution is 6.18. The van der Waals surface area contributed by atoms with E-state index in [0.717, 1.165) is 33.1 Å². The van der Waals surface area contributed by atoms with Crippen LogP contribution in [0.2, 0.25) is 0 Å². The lowest BCUT2D eigenvalue weighted by Crippen LogP contribution is -2.30. The molecule has 0 fully saturated rings. The van der Waals surface area contributed by atoms with E-state index in [1.54, 1.807) is 17.3 Å². The summed E-state index contributed by atoms with van der Waals surface area (Å²) in [6, 6.07) is 18.2. The molecule has 1 amide bonds. The van der Waals surface area contributed by atoms with Crippen molar-refractivity contribution >= 4 is 50.1 Å². The first-order valence-electron chi connectivity index (χ1n) is 10.7. The fourth-order valence-corrected chi connectivity index (χ4v) is 4.80. The van der Waals surface area contributed by atoms with Crippen molar-refractivity contribution in [2.75, 3.05) is 4.90 Å². The number of imidazole rings is 1. The molecule has 0 saturated carbocycles. The fraction of sp³-hybridized carbons (Fsp3) is 0.0400. The molecule has 1 atom stereocenters. The van der Waals surface area contributed by atoms with Crippen LogP contribution < -0.4 is 4.90 Å². The number of aliphatic hydroxyl groups excluding tert-OH is 1. The van der Waals surface area contributed by atoms with Gasteiger partial charge in [-0.2, -0.15) is 0 Å². The number of para-hydroxylation sites is 1. The number of nitrogens with zero attached hydrogens (tertiary/aromatic N) is 4. The van der Waals surface area contributed by atoms with E-state index in [1.807, 2.05) is 60.8 Å². The molecule has 0 bridgehead atoms. The van der Waals surface area contributed by atoms with E-state index in [2.05, 4.69) is 25.3 Å². The summed E-state index contributed by atoms with van der Waals surface area (Å²) in [5, 5.41) is 20.0. The minimum atomic E-state index is -0.607. The predicted molar refractivity (Wildman–Crippen MR) is 126 cm³/mol. The molecule has 7 rings (SSSR count). The number of aromatic amines is 2. The topological polar surface area (TPSA) is 124 Å². The lowest BCUT2D eigenvalue weighted by molar-refractivity contribution is -0.117. The van der Waals surface area contributed by atoms with Gasteiger partial charge in [-0.15, -0.1) is 0 Å². The molecule has 0 spiro atoms. The van der Waals surface area contributed by atoms with Crippen LogP contribution in [-0.2, 0) is 4.79 Å². The molecule has 3 aromatic heterocycles. The summed E-state index contributed by atoms with van der Waals surface area (Å²) in [7, 11) is 0. The van der Waals surface area contributed by atoms with Crippen molar-refractivity contribution in [1.82, 2.24) is 25.3 Å². The SMILES string of the molecule is O=C1C(O)=C(c2c[nH]c3ccccc23)C(c2ccc3nonc3c2)N1c1ccc2[nH]cnc2c1. The number of carbonyl (C=O) groups excluding carboxylic acids is 1. The number of carbonyl (C=O) groups is 1. The van der Waals surface area contributed by atoms with Crippen LogP contribution in [0.4, 0.5) is 5.69 Å². The number of amides is 1. The number of benzene rings is 3. The monoisotopic (exact) mass is 448 g/mol. The number of aliphatic hydroxyl groups is 1. The second-order valence-electron chi connectivity index (χ2n) is 8.20. The number of H-pyrrole nitrogens is 2. The van der Waals surface area contributed by atoms with Crippen molar-refractivity contribution in [2.24, 2.45) is 0 Å². The molecule has 164 valence electrons. The van der Waals surface area contributed by atoms with Gasteiger partial charge in [-0.1, -0.05) is 24.3 Å². The van der Waals surface area contributed by atoms with Crippen molar-refractivity contribution in [1.29, 1.82) is 0 Å². The summed E-state index contributed by atoms with van der Waals surface area (Å²) in [6.07, 6.45) is 3.43. The van der Waals surface area contributed by atoms with Crippen LogP contribution in [0, 0.1) is 0 Å². The molecule has 0 saturated heterocycles. The smallest absolute Gasteiger partial charge is 0.294 e. The Morgan fingerprint density at radius 2 is 1.79 bits per heavy atom. The first-order valence-corrected chi connectivity index (χ1v) is 10.7. The third kappa shape index (κ3) is 2.54. The van der Waals surface area contributed by atoms with Crippen molar-refractivity contribution in [2.45, 2.75) is 6.04 Å². The van der Waals surface area contributed by atoms with E-state index < -0.39 is 11.9 Å². The quantitative estimate of drug-likeness (QED) is 0.362.